The van der Waals surface area contributed by atoms with Crippen LogP contribution < -0.4 is 10.6 Å². The first-order valence-electron chi connectivity index (χ1n) is 7.80. The number of carboxylic acids is 1. The van der Waals surface area contributed by atoms with Gasteiger partial charge in [-0.25, -0.2) is 13.2 Å². The Hall–Kier alpha value is -2.09. The molecule has 1 aliphatic rings. The zero-order chi connectivity index (χ0) is 17.7. The standard InChI is InChI=1S/C16H22N2O5S/c1-24(22,23)9-8-11-2-5-13(6-3-11)17-16(21)18-14-7-4-12(10-14)15(19)20/h2-3,5-6,12,14H,4,7-10H2,1H3,(H,19,20)(H2,17,18,21)/t12-,14+/m0/s1. The van der Waals surface area contributed by atoms with Crippen molar-refractivity contribution in [1.29, 1.82) is 0 Å². The van der Waals surface area contributed by atoms with Crippen LogP contribution in [-0.4, -0.2) is 43.6 Å². The third kappa shape index (κ3) is 5.84. The van der Waals surface area contributed by atoms with Gasteiger partial charge in [0.1, 0.15) is 9.84 Å². The number of nitrogens with one attached hydrogen (secondary N) is 2. The highest BCUT2D eigenvalue weighted by Gasteiger charge is 2.30. The van der Waals surface area contributed by atoms with Crippen molar-refractivity contribution in [3.63, 3.8) is 0 Å². The van der Waals surface area contributed by atoms with Gasteiger partial charge in [-0.05, 0) is 43.4 Å². The molecule has 1 aromatic rings. The fourth-order valence-electron chi connectivity index (χ4n) is 2.75. The van der Waals surface area contributed by atoms with Gasteiger partial charge in [-0.15, -0.1) is 0 Å². The van der Waals surface area contributed by atoms with E-state index in [9.17, 15) is 18.0 Å². The van der Waals surface area contributed by atoms with Crippen molar-refractivity contribution < 1.29 is 23.1 Å². The summed E-state index contributed by atoms with van der Waals surface area (Å²) >= 11 is 0. The van der Waals surface area contributed by atoms with Crippen molar-refractivity contribution in [2.24, 2.45) is 5.92 Å². The number of aryl methyl sites for hydroxylation is 1. The van der Waals surface area contributed by atoms with Crippen LogP contribution >= 0.6 is 0 Å². The predicted molar refractivity (Wildman–Crippen MR) is 90.8 cm³/mol. The molecule has 2 rings (SSSR count). The van der Waals surface area contributed by atoms with Crippen LogP contribution in [0.3, 0.4) is 0 Å². The Balaban J connectivity index is 1.81. The first kappa shape index (κ1) is 18.3. The molecular formula is C16H22N2O5S. The van der Waals surface area contributed by atoms with Crippen molar-refractivity contribution >= 4 is 27.5 Å². The second-order valence-electron chi connectivity index (χ2n) is 6.22. The molecule has 1 aromatic carbocycles. The molecule has 3 N–H and O–H groups in total. The Morgan fingerprint density at radius 2 is 1.88 bits per heavy atom. The third-order valence-corrected chi connectivity index (χ3v) is 5.04. The molecule has 0 saturated heterocycles. The average molecular weight is 354 g/mol. The molecule has 1 aliphatic carbocycles. The number of carboxylic acid groups (broad SMARTS) is 1. The van der Waals surface area contributed by atoms with Crippen LogP contribution in [0.5, 0.6) is 0 Å². The Morgan fingerprint density at radius 1 is 1.21 bits per heavy atom. The second-order valence-corrected chi connectivity index (χ2v) is 8.48. The Morgan fingerprint density at radius 3 is 2.42 bits per heavy atom. The lowest BCUT2D eigenvalue weighted by molar-refractivity contribution is -0.141. The minimum Gasteiger partial charge on any atom is -0.481 e. The minimum absolute atomic E-state index is 0.0900. The largest absolute Gasteiger partial charge is 0.481 e. The Labute approximate surface area is 141 Å². The summed E-state index contributed by atoms with van der Waals surface area (Å²) in [6.07, 6.45) is 3.33. The van der Waals surface area contributed by atoms with Gasteiger partial charge < -0.3 is 15.7 Å². The molecule has 132 valence electrons. The average Bonchev–Trinajstić information content (AvgIpc) is 2.94. The number of hydrogen-bond acceptors (Lipinski definition) is 4. The number of anilines is 1. The van der Waals surface area contributed by atoms with E-state index in [4.69, 9.17) is 5.11 Å². The number of carbonyl (C=O) groups excluding carboxylic acids is 1. The zero-order valence-electron chi connectivity index (χ0n) is 13.5. The quantitative estimate of drug-likeness (QED) is 0.719. The fraction of sp³-hybridized carbons (Fsp3) is 0.500. The van der Waals surface area contributed by atoms with Crippen molar-refractivity contribution in [2.45, 2.75) is 31.7 Å². The van der Waals surface area contributed by atoms with Crippen LogP contribution in [0.1, 0.15) is 24.8 Å². The molecule has 8 heteroatoms. The van der Waals surface area contributed by atoms with E-state index < -0.39 is 15.8 Å². The highest BCUT2D eigenvalue weighted by molar-refractivity contribution is 7.90. The fourth-order valence-corrected chi connectivity index (χ4v) is 3.35. The van der Waals surface area contributed by atoms with E-state index in [-0.39, 0.29) is 23.7 Å². The summed E-state index contributed by atoms with van der Waals surface area (Å²) in [5, 5.41) is 14.4. The molecule has 1 fully saturated rings. The molecule has 2 amide bonds. The predicted octanol–water partition coefficient (Wildman–Crippen LogP) is 1.65. The lowest BCUT2D eigenvalue weighted by Crippen LogP contribution is -2.36. The maximum atomic E-state index is 11.9. The van der Waals surface area contributed by atoms with Crippen molar-refractivity contribution in [2.75, 3.05) is 17.3 Å². The molecule has 7 nitrogen and oxygen atoms in total. The monoisotopic (exact) mass is 354 g/mol. The zero-order valence-corrected chi connectivity index (χ0v) is 14.3. The summed E-state index contributed by atoms with van der Waals surface area (Å²) in [5.41, 5.74) is 1.48. The van der Waals surface area contributed by atoms with E-state index >= 15 is 0 Å². The maximum Gasteiger partial charge on any atom is 0.319 e. The van der Waals surface area contributed by atoms with Crippen molar-refractivity contribution in [1.82, 2.24) is 5.32 Å². The van der Waals surface area contributed by atoms with Gasteiger partial charge in [-0.1, -0.05) is 12.1 Å². The van der Waals surface area contributed by atoms with E-state index in [1.807, 2.05) is 0 Å². The van der Waals surface area contributed by atoms with E-state index in [0.717, 1.165) is 5.56 Å². The van der Waals surface area contributed by atoms with E-state index in [1.54, 1.807) is 24.3 Å². The van der Waals surface area contributed by atoms with Gasteiger partial charge in [0.25, 0.3) is 0 Å². The smallest absolute Gasteiger partial charge is 0.319 e. The summed E-state index contributed by atoms with van der Waals surface area (Å²) in [4.78, 5) is 22.8. The molecule has 2 atom stereocenters. The molecule has 1 saturated carbocycles. The maximum absolute atomic E-state index is 11.9. The summed E-state index contributed by atoms with van der Waals surface area (Å²) in [7, 11) is -3.00. The molecular weight excluding hydrogens is 332 g/mol. The number of aliphatic carboxylic acids is 1. The number of hydrogen-bond donors (Lipinski definition) is 3. The molecule has 0 aliphatic heterocycles. The molecule has 0 spiro atoms. The molecule has 0 bridgehead atoms. The lowest BCUT2D eigenvalue weighted by Gasteiger charge is -2.13. The molecule has 24 heavy (non-hydrogen) atoms. The van der Waals surface area contributed by atoms with Crippen LogP contribution in [0.25, 0.3) is 0 Å². The van der Waals surface area contributed by atoms with Crippen LogP contribution in [0.4, 0.5) is 10.5 Å². The highest BCUT2D eigenvalue weighted by atomic mass is 32.2. The number of urea groups is 1. The first-order valence-corrected chi connectivity index (χ1v) is 9.86. The third-order valence-electron chi connectivity index (χ3n) is 4.09. The number of benzene rings is 1. The summed E-state index contributed by atoms with van der Waals surface area (Å²) in [5.74, 6) is -1.11. The summed E-state index contributed by atoms with van der Waals surface area (Å²) in [6.45, 7) is 0. The summed E-state index contributed by atoms with van der Waals surface area (Å²) < 4.78 is 22.3. The first-order chi connectivity index (χ1) is 11.2. The van der Waals surface area contributed by atoms with E-state index in [2.05, 4.69) is 10.6 Å². The van der Waals surface area contributed by atoms with Gasteiger partial charge in [0.2, 0.25) is 0 Å². The van der Waals surface area contributed by atoms with Gasteiger partial charge in [0, 0.05) is 18.0 Å². The SMILES string of the molecule is CS(=O)(=O)CCc1ccc(NC(=O)N[C@@H]2CC[C@H](C(=O)O)C2)cc1. The molecule has 0 radical (unpaired) electrons. The number of amides is 2. The number of sulfone groups is 1. The van der Waals surface area contributed by atoms with Gasteiger partial charge in [0.05, 0.1) is 11.7 Å². The summed E-state index contributed by atoms with van der Waals surface area (Å²) in [6, 6.07) is 6.49. The minimum atomic E-state index is -3.00. The normalized spacial score (nSPS) is 20.5. The molecule has 0 aromatic heterocycles. The second kappa shape index (κ2) is 7.65. The van der Waals surface area contributed by atoms with E-state index in [1.165, 1.54) is 6.26 Å². The van der Waals surface area contributed by atoms with Crippen molar-refractivity contribution in [3.8, 4) is 0 Å². The highest BCUT2D eigenvalue weighted by Crippen LogP contribution is 2.25. The van der Waals surface area contributed by atoms with Crippen LogP contribution in [0, 0.1) is 5.92 Å². The van der Waals surface area contributed by atoms with Crippen molar-refractivity contribution in [3.05, 3.63) is 29.8 Å². The number of rotatable bonds is 6. The van der Waals surface area contributed by atoms with Gasteiger partial charge in [0.15, 0.2) is 0 Å². The van der Waals surface area contributed by atoms with Gasteiger partial charge in [-0.3, -0.25) is 4.79 Å². The van der Waals surface area contributed by atoms with E-state index in [0.29, 0.717) is 31.4 Å². The van der Waals surface area contributed by atoms with Gasteiger partial charge >= 0.3 is 12.0 Å². The Kier molecular flexibility index (Phi) is 5.82. The van der Waals surface area contributed by atoms with Crippen LogP contribution in [-0.2, 0) is 21.1 Å². The molecule has 0 unspecified atom stereocenters. The molecule has 0 heterocycles. The van der Waals surface area contributed by atoms with Crippen LogP contribution in [0.2, 0.25) is 0 Å². The van der Waals surface area contributed by atoms with Gasteiger partial charge in [-0.2, -0.15) is 0 Å². The topological polar surface area (TPSA) is 113 Å². The lowest BCUT2D eigenvalue weighted by atomic mass is 10.1. The number of carbonyl (C=O) groups is 2. The van der Waals surface area contributed by atoms with Crippen LogP contribution in [0.15, 0.2) is 24.3 Å². The Bertz CT molecular complexity index is 700.